The van der Waals surface area contributed by atoms with Gasteiger partial charge < -0.3 is 10.1 Å². The predicted octanol–water partition coefficient (Wildman–Crippen LogP) is 2.12. The summed E-state index contributed by atoms with van der Waals surface area (Å²) in [6.45, 7) is 1.11. The molecule has 2 unspecified atom stereocenters. The summed E-state index contributed by atoms with van der Waals surface area (Å²) in [5.41, 5.74) is 3.45. The van der Waals surface area contributed by atoms with Crippen LogP contribution in [0.3, 0.4) is 0 Å². The largest absolute Gasteiger partial charge is 0.377 e. The minimum atomic E-state index is -0.0709. The number of aromatic nitrogens is 3. The van der Waals surface area contributed by atoms with Gasteiger partial charge in [-0.2, -0.15) is 5.10 Å². The van der Waals surface area contributed by atoms with Crippen molar-refractivity contribution in [3.05, 3.63) is 38.2 Å². The van der Waals surface area contributed by atoms with Crippen molar-refractivity contribution in [1.29, 1.82) is 0 Å². The Morgan fingerprint density at radius 2 is 2.00 bits per heavy atom. The van der Waals surface area contributed by atoms with Crippen molar-refractivity contribution in [2.75, 3.05) is 18.5 Å². The van der Waals surface area contributed by atoms with Crippen molar-refractivity contribution in [2.24, 2.45) is 0 Å². The molecule has 1 fully saturated rings. The summed E-state index contributed by atoms with van der Waals surface area (Å²) in [4.78, 5) is 18.7. The predicted molar refractivity (Wildman–Crippen MR) is 96.5 cm³/mol. The SMILES string of the molecule is O=c1cc2c(nn1C1COCC1Nc1nc3c(s1)CCC3)CCCC2. The first-order valence-electron chi connectivity index (χ1n) is 9.22. The van der Waals surface area contributed by atoms with Crippen LogP contribution in [0.4, 0.5) is 5.13 Å². The molecule has 0 spiro atoms. The van der Waals surface area contributed by atoms with Crippen LogP contribution >= 0.6 is 11.3 Å². The van der Waals surface area contributed by atoms with Gasteiger partial charge in [0.05, 0.1) is 30.6 Å². The molecule has 25 heavy (non-hydrogen) atoms. The molecule has 0 radical (unpaired) electrons. The molecule has 132 valence electrons. The van der Waals surface area contributed by atoms with Gasteiger partial charge in [0, 0.05) is 10.9 Å². The summed E-state index contributed by atoms with van der Waals surface area (Å²) < 4.78 is 7.34. The molecule has 5 rings (SSSR count). The first kappa shape index (κ1) is 15.5. The molecular formula is C18H22N4O2S. The number of hydrogen-bond donors (Lipinski definition) is 1. The fourth-order valence-electron chi connectivity index (χ4n) is 4.15. The Balaban J connectivity index is 1.41. The van der Waals surface area contributed by atoms with E-state index in [1.807, 2.05) is 0 Å². The van der Waals surface area contributed by atoms with E-state index in [0.717, 1.165) is 54.9 Å². The molecule has 1 aliphatic heterocycles. The molecule has 0 saturated carbocycles. The third-order valence-corrected chi connectivity index (χ3v) is 6.59. The average molecular weight is 358 g/mol. The quantitative estimate of drug-likeness (QED) is 0.910. The highest BCUT2D eigenvalue weighted by Crippen LogP contribution is 2.32. The third-order valence-electron chi connectivity index (χ3n) is 5.50. The van der Waals surface area contributed by atoms with E-state index in [-0.39, 0.29) is 17.6 Å². The third kappa shape index (κ3) is 2.79. The maximum Gasteiger partial charge on any atom is 0.267 e. The maximum absolute atomic E-state index is 12.6. The summed E-state index contributed by atoms with van der Waals surface area (Å²) in [7, 11) is 0. The molecule has 2 atom stereocenters. The summed E-state index contributed by atoms with van der Waals surface area (Å²) in [6, 6.07) is 1.76. The lowest BCUT2D eigenvalue weighted by atomic mass is 9.97. The molecule has 1 saturated heterocycles. The second-order valence-electron chi connectivity index (χ2n) is 7.20. The van der Waals surface area contributed by atoms with Gasteiger partial charge >= 0.3 is 0 Å². The standard InChI is InChI=1S/C18H22N4O2S/c23-17-8-11-4-1-2-5-12(11)21-22(17)15-10-24-9-14(15)20-18-19-13-6-3-7-16(13)25-18/h8,14-15H,1-7,9-10H2,(H,19,20). The monoisotopic (exact) mass is 358 g/mol. The number of aryl methyl sites for hydroxylation is 4. The molecule has 2 aromatic heterocycles. The van der Waals surface area contributed by atoms with Gasteiger partial charge in [-0.1, -0.05) is 0 Å². The van der Waals surface area contributed by atoms with E-state index in [1.54, 1.807) is 22.1 Å². The minimum Gasteiger partial charge on any atom is -0.377 e. The van der Waals surface area contributed by atoms with Crippen LogP contribution in [0.15, 0.2) is 10.9 Å². The van der Waals surface area contributed by atoms with Crippen molar-refractivity contribution in [1.82, 2.24) is 14.8 Å². The van der Waals surface area contributed by atoms with Crippen molar-refractivity contribution >= 4 is 16.5 Å². The topological polar surface area (TPSA) is 69.0 Å². The summed E-state index contributed by atoms with van der Waals surface area (Å²) in [5.74, 6) is 0. The zero-order valence-electron chi connectivity index (χ0n) is 14.2. The number of hydrogen-bond acceptors (Lipinski definition) is 6. The Hall–Kier alpha value is -1.73. The highest BCUT2D eigenvalue weighted by molar-refractivity contribution is 7.15. The van der Waals surface area contributed by atoms with Crippen LogP contribution in [0.5, 0.6) is 0 Å². The summed E-state index contributed by atoms with van der Waals surface area (Å²) in [5, 5.41) is 9.17. The fraction of sp³-hybridized carbons (Fsp3) is 0.611. The van der Waals surface area contributed by atoms with Gasteiger partial charge in [0.15, 0.2) is 5.13 Å². The van der Waals surface area contributed by atoms with E-state index in [4.69, 9.17) is 14.8 Å². The zero-order valence-corrected chi connectivity index (χ0v) is 15.0. The molecule has 6 nitrogen and oxygen atoms in total. The minimum absolute atomic E-state index is 0.00965. The Bertz CT molecular complexity index is 838. The Morgan fingerprint density at radius 3 is 2.92 bits per heavy atom. The van der Waals surface area contributed by atoms with Crippen LogP contribution in [0.2, 0.25) is 0 Å². The average Bonchev–Trinajstić information content (AvgIpc) is 3.31. The number of nitrogens with one attached hydrogen (secondary N) is 1. The number of fused-ring (bicyclic) bond motifs is 2. The van der Waals surface area contributed by atoms with Crippen LogP contribution in [-0.2, 0) is 30.4 Å². The van der Waals surface area contributed by atoms with Crippen LogP contribution in [0.1, 0.15) is 47.1 Å². The molecule has 3 aliphatic rings. The van der Waals surface area contributed by atoms with E-state index in [1.165, 1.54) is 17.0 Å². The number of rotatable bonds is 3. The second-order valence-corrected chi connectivity index (χ2v) is 8.29. The van der Waals surface area contributed by atoms with Gasteiger partial charge in [0.1, 0.15) is 6.04 Å². The lowest BCUT2D eigenvalue weighted by molar-refractivity contribution is 0.182. The highest BCUT2D eigenvalue weighted by atomic mass is 32.1. The van der Waals surface area contributed by atoms with Crippen molar-refractivity contribution < 1.29 is 4.74 Å². The van der Waals surface area contributed by atoms with Crippen LogP contribution in [0.25, 0.3) is 0 Å². The van der Waals surface area contributed by atoms with E-state index in [9.17, 15) is 4.79 Å². The first-order valence-corrected chi connectivity index (χ1v) is 10.0. The summed E-state index contributed by atoms with van der Waals surface area (Å²) in [6.07, 6.45) is 7.72. The van der Waals surface area contributed by atoms with Gasteiger partial charge in [-0.3, -0.25) is 4.79 Å². The Morgan fingerprint density at radius 1 is 1.12 bits per heavy atom. The molecule has 2 aromatic rings. The van der Waals surface area contributed by atoms with Gasteiger partial charge in [0.2, 0.25) is 0 Å². The molecular weight excluding hydrogens is 336 g/mol. The van der Waals surface area contributed by atoms with Crippen LogP contribution in [-0.4, -0.2) is 34.0 Å². The molecule has 0 bridgehead atoms. The maximum atomic E-state index is 12.6. The lowest BCUT2D eigenvalue weighted by Crippen LogP contribution is -2.38. The van der Waals surface area contributed by atoms with E-state index >= 15 is 0 Å². The molecule has 1 N–H and O–H groups in total. The number of anilines is 1. The molecule has 7 heteroatoms. The number of ether oxygens (including phenoxy) is 1. The van der Waals surface area contributed by atoms with Crippen molar-refractivity contribution in [3.63, 3.8) is 0 Å². The zero-order chi connectivity index (χ0) is 16.8. The van der Waals surface area contributed by atoms with Crippen molar-refractivity contribution in [3.8, 4) is 0 Å². The molecule has 3 heterocycles. The smallest absolute Gasteiger partial charge is 0.267 e. The van der Waals surface area contributed by atoms with Gasteiger partial charge in [-0.15, -0.1) is 11.3 Å². The number of thiazole rings is 1. The van der Waals surface area contributed by atoms with Crippen molar-refractivity contribution in [2.45, 2.75) is 57.0 Å². The van der Waals surface area contributed by atoms with Gasteiger partial charge in [-0.25, -0.2) is 9.67 Å². The van der Waals surface area contributed by atoms with Gasteiger partial charge in [0.25, 0.3) is 5.56 Å². The van der Waals surface area contributed by atoms with E-state index in [0.29, 0.717) is 13.2 Å². The Labute approximate surface area is 150 Å². The van der Waals surface area contributed by atoms with Gasteiger partial charge in [-0.05, 0) is 50.5 Å². The second kappa shape index (κ2) is 6.21. The summed E-state index contributed by atoms with van der Waals surface area (Å²) >= 11 is 1.75. The molecule has 0 aromatic carbocycles. The van der Waals surface area contributed by atoms with E-state index in [2.05, 4.69) is 5.32 Å². The molecule has 0 amide bonds. The normalized spacial score (nSPS) is 25.0. The number of nitrogens with zero attached hydrogens (tertiary/aromatic N) is 3. The first-order chi connectivity index (χ1) is 12.3. The van der Waals surface area contributed by atoms with Crippen LogP contribution in [0, 0.1) is 0 Å². The van der Waals surface area contributed by atoms with Crippen LogP contribution < -0.4 is 10.9 Å². The molecule has 2 aliphatic carbocycles. The van der Waals surface area contributed by atoms with E-state index < -0.39 is 0 Å². The fourth-order valence-corrected chi connectivity index (χ4v) is 5.26. The highest BCUT2D eigenvalue weighted by Gasteiger charge is 2.33. The lowest BCUT2D eigenvalue weighted by Gasteiger charge is -2.22. The Kier molecular flexibility index (Phi) is 3.86.